The van der Waals surface area contributed by atoms with E-state index in [-0.39, 0.29) is 17.0 Å². The van der Waals surface area contributed by atoms with Crippen LogP contribution >= 0.6 is 27.7 Å². The fraction of sp³-hybridized carbons (Fsp3) is 0.143. The predicted octanol–water partition coefficient (Wildman–Crippen LogP) is 5.34. The van der Waals surface area contributed by atoms with E-state index >= 15 is 0 Å². The number of halogens is 4. The van der Waals surface area contributed by atoms with Crippen molar-refractivity contribution in [3.8, 4) is 0 Å². The van der Waals surface area contributed by atoms with Gasteiger partial charge in [-0.05, 0) is 35.9 Å². The van der Waals surface area contributed by atoms with Gasteiger partial charge >= 0.3 is 6.18 Å². The summed E-state index contributed by atoms with van der Waals surface area (Å²) in [7, 11) is 0. The average molecular weight is 362 g/mol. The molecule has 0 bridgehead atoms. The van der Waals surface area contributed by atoms with Gasteiger partial charge < -0.3 is 5.73 Å². The normalized spacial score (nSPS) is 11.6. The molecular weight excluding hydrogens is 351 g/mol. The highest BCUT2D eigenvalue weighted by Gasteiger charge is 2.33. The molecule has 0 atom stereocenters. The first-order chi connectivity index (χ1) is 9.36. The highest BCUT2D eigenvalue weighted by molar-refractivity contribution is 9.10. The van der Waals surface area contributed by atoms with Crippen LogP contribution < -0.4 is 5.73 Å². The summed E-state index contributed by atoms with van der Waals surface area (Å²) in [5, 5.41) is 0. The Morgan fingerprint density at radius 1 is 1.10 bits per heavy atom. The van der Waals surface area contributed by atoms with Gasteiger partial charge in [0.25, 0.3) is 0 Å². The molecule has 2 rings (SSSR count). The fourth-order valence-corrected chi connectivity index (χ4v) is 3.21. The van der Waals surface area contributed by atoms with Gasteiger partial charge in [-0.15, -0.1) is 11.8 Å². The van der Waals surface area contributed by atoms with Gasteiger partial charge in [-0.2, -0.15) is 13.2 Å². The van der Waals surface area contributed by atoms with E-state index in [1.54, 1.807) is 0 Å². The third-order valence-electron chi connectivity index (χ3n) is 2.63. The average Bonchev–Trinajstić information content (AvgIpc) is 2.36. The van der Waals surface area contributed by atoms with Gasteiger partial charge in [-0.1, -0.05) is 28.1 Å². The zero-order valence-corrected chi connectivity index (χ0v) is 12.6. The molecule has 6 heteroatoms. The summed E-state index contributed by atoms with van der Waals surface area (Å²) in [4.78, 5) is 0.907. The van der Waals surface area contributed by atoms with E-state index in [1.807, 2.05) is 24.3 Å². The van der Waals surface area contributed by atoms with Gasteiger partial charge in [-0.3, -0.25) is 0 Å². The Morgan fingerprint density at radius 2 is 1.85 bits per heavy atom. The fourth-order valence-electron chi connectivity index (χ4n) is 1.70. The Labute approximate surface area is 127 Å². The molecule has 106 valence electrons. The lowest BCUT2D eigenvalue weighted by Crippen LogP contribution is -2.09. The molecule has 0 aliphatic carbocycles. The van der Waals surface area contributed by atoms with Crippen LogP contribution in [-0.2, 0) is 11.9 Å². The maximum Gasteiger partial charge on any atom is 0.416 e. The molecule has 2 aromatic carbocycles. The number of nitrogen functional groups attached to an aromatic ring is 1. The number of benzene rings is 2. The Balaban J connectivity index is 2.21. The molecule has 0 spiro atoms. The molecular formula is C14H11BrF3NS. The van der Waals surface area contributed by atoms with Crippen LogP contribution in [-0.4, -0.2) is 0 Å². The van der Waals surface area contributed by atoms with E-state index in [1.165, 1.54) is 23.9 Å². The van der Waals surface area contributed by atoms with Crippen molar-refractivity contribution >= 4 is 33.4 Å². The SMILES string of the molecule is Nc1ccc(CSc2cccc(Br)c2)c(C(F)(F)F)c1. The lowest BCUT2D eigenvalue weighted by molar-refractivity contribution is -0.138. The zero-order valence-electron chi connectivity index (χ0n) is 10.2. The summed E-state index contributed by atoms with van der Waals surface area (Å²) < 4.78 is 39.7. The lowest BCUT2D eigenvalue weighted by Gasteiger charge is -2.13. The topological polar surface area (TPSA) is 26.0 Å². The molecule has 2 aromatic rings. The standard InChI is InChI=1S/C14H11BrF3NS/c15-10-2-1-3-12(6-10)20-8-9-4-5-11(19)7-13(9)14(16,17)18/h1-7H,8,19H2. The monoisotopic (exact) mass is 361 g/mol. The smallest absolute Gasteiger partial charge is 0.399 e. The minimum Gasteiger partial charge on any atom is -0.399 e. The molecule has 0 saturated heterocycles. The summed E-state index contributed by atoms with van der Waals surface area (Å²) in [5.74, 6) is 0.242. The van der Waals surface area contributed by atoms with Crippen molar-refractivity contribution in [3.63, 3.8) is 0 Å². The molecule has 0 fully saturated rings. The van der Waals surface area contributed by atoms with Gasteiger partial charge in [0.1, 0.15) is 0 Å². The number of nitrogens with two attached hydrogens (primary N) is 1. The second-order valence-corrected chi connectivity index (χ2v) is 6.12. The van der Waals surface area contributed by atoms with Crippen molar-refractivity contribution in [3.05, 3.63) is 58.1 Å². The molecule has 20 heavy (non-hydrogen) atoms. The minimum atomic E-state index is -4.39. The van der Waals surface area contributed by atoms with Crippen molar-refractivity contribution in [1.82, 2.24) is 0 Å². The number of anilines is 1. The molecule has 0 aliphatic heterocycles. The van der Waals surface area contributed by atoms with Gasteiger partial charge in [0.2, 0.25) is 0 Å². The first kappa shape index (κ1) is 15.3. The van der Waals surface area contributed by atoms with E-state index in [0.29, 0.717) is 0 Å². The van der Waals surface area contributed by atoms with Crippen LogP contribution in [0.2, 0.25) is 0 Å². The summed E-state index contributed by atoms with van der Waals surface area (Å²) in [6.07, 6.45) is -4.39. The number of rotatable bonds is 3. The molecule has 0 unspecified atom stereocenters. The van der Waals surface area contributed by atoms with Crippen LogP contribution in [0.15, 0.2) is 51.8 Å². The van der Waals surface area contributed by atoms with Gasteiger partial charge in [0.15, 0.2) is 0 Å². The van der Waals surface area contributed by atoms with Crippen LogP contribution in [0.1, 0.15) is 11.1 Å². The summed E-state index contributed by atoms with van der Waals surface area (Å²) in [6.45, 7) is 0. The Bertz CT molecular complexity index is 614. The summed E-state index contributed by atoms with van der Waals surface area (Å²) in [6, 6.07) is 11.4. The predicted molar refractivity (Wildman–Crippen MR) is 79.6 cm³/mol. The molecule has 0 amide bonds. The molecule has 2 N–H and O–H groups in total. The summed E-state index contributed by atoms with van der Waals surface area (Å²) >= 11 is 4.69. The third-order valence-corrected chi connectivity index (χ3v) is 4.17. The van der Waals surface area contributed by atoms with Gasteiger partial charge in [0, 0.05) is 20.8 Å². The van der Waals surface area contributed by atoms with Crippen molar-refractivity contribution < 1.29 is 13.2 Å². The maximum atomic E-state index is 12.9. The number of thioether (sulfide) groups is 1. The van der Waals surface area contributed by atoms with Crippen molar-refractivity contribution in [2.45, 2.75) is 16.8 Å². The number of hydrogen-bond acceptors (Lipinski definition) is 2. The third kappa shape index (κ3) is 3.93. The molecule has 0 aromatic heterocycles. The molecule has 0 heterocycles. The highest BCUT2D eigenvalue weighted by Crippen LogP contribution is 2.36. The van der Waals surface area contributed by atoms with E-state index in [4.69, 9.17) is 5.73 Å². The Morgan fingerprint density at radius 3 is 2.50 bits per heavy atom. The number of alkyl halides is 3. The molecule has 0 aliphatic rings. The molecule has 0 saturated carbocycles. The maximum absolute atomic E-state index is 12.9. The Kier molecular flexibility index (Phi) is 4.65. The Hall–Kier alpha value is -1.14. The van der Waals surface area contributed by atoms with Crippen molar-refractivity contribution in [1.29, 1.82) is 0 Å². The quantitative estimate of drug-likeness (QED) is 0.589. The first-order valence-corrected chi connectivity index (χ1v) is 7.48. The van der Waals surface area contributed by atoms with Gasteiger partial charge in [0.05, 0.1) is 5.56 Å². The first-order valence-electron chi connectivity index (χ1n) is 5.70. The van der Waals surface area contributed by atoms with Crippen LogP contribution in [0.4, 0.5) is 18.9 Å². The van der Waals surface area contributed by atoms with E-state index in [2.05, 4.69) is 15.9 Å². The minimum absolute atomic E-state index is 0.119. The van der Waals surface area contributed by atoms with E-state index in [9.17, 15) is 13.2 Å². The van der Waals surface area contributed by atoms with Gasteiger partial charge in [-0.25, -0.2) is 0 Å². The molecule has 0 radical (unpaired) electrons. The number of hydrogen-bond donors (Lipinski definition) is 1. The molecule has 1 nitrogen and oxygen atoms in total. The van der Waals surface area contributed by atoms with Crippen molar-refractivity contribution in [2.75, 3.05) is 5.73 Å². The zero-order chi connectivity index (χ0) is 14.8. The van der Waals surface area contributed by atoms with Crippen LogP contribution in [0.5, 0.6) is 0 Å². The van der Waals surface area contributed by atoms with E-state index < -0.39 is 11.7 Å². The second-order valence-electron chi connectivity index (χ2n) is 4.16. The lowest BCUT2D eigenvalue weighted by atomic mass is 10.1. The summed E-state index contributed by atoms with van der Waals surface area (Å²) in [5.41, 5.74) is 5.12. The largest absolute Gasteiger partial charge is 0.416 e. The highest BCUT2D eigenvalue weighted by atomic mass is 79.9. The second kappa shape index (κ2) is 6.10. The van der Waals surface area contributed by atoms with Crippen LogP contribution in [0, 0.1) is 0 Å². The van der Waals surface area contributed by atoms with E-state index in [0.717, 1.165) is 15.4 Å². The van der Waals surface area contributed by atoms with Crippen LogP contribution in [0.3, 0.4) is 0 Å². The van der Waals surface area contributed by atoms with Crippen molar-refractivity contribution in [2.24, 2.45) is 0 Å². The van der Waals surface area contributed by atoms with Crippen LogP contribution in [0.25, 0.3) is 0 Å².